The van der Waals surface area contributed by atoms with Crippen LogP contribution in [0.25, 0.3) is 0 Å². The van der Waals surface area contributed by atoms with Crippen LogP contribution in [-0.4, -0.2) is 35.7 Å². The van der Waals surface area contributed by atoms with E-state index in [1.807, 2.05) is 23.6 Å². The molecule has 1 aliphatic carbocycles. The minimum Gasteiger partial charge on any atom is -0.483 e. The molecule has 2 unspecified atom stereocenters. The number of benzene rings is 1. The number of rotatable bonds is 7. The van der Waals surface area contributed by atoms with Crippen molar-refractivity contribution in [2.45, 2.75) is 38.3 Å². The Morgan fingerprint density at radius 3 is 2.87 bits per heavy atom. The summed E-state index contributed by atoms with van der Waals surface area (Å²) in [5.74, 6) is 0. The third-order valence-corrected chi connectivity index (χ3v) is 5.32. The minimum atomic E-state index is -0.395. The van der Waals surface area contributed by atoms with Crippen molar-refractivity contribution in [3.8, 4) is 5.06 Å². The molecule has 1 N–H and O–H groups in total. The topological polar surface area (TPSA) is 32.7 Å². The highest BCUT2D eigenvalue weighted by molar-refractivity contribution is 7.11. The fourth-order valence-corrected chi connectivity index (χ4v) is 4.04. The van der Waals surface area contributed by atoms with Crippen molar-refractivity contribution in [3.63, 3.8) is 0 Å². The largest absolute Gasteiger partial charge is 0.483 e. The molecular weight excluding hydrogens is 306 g/mol. The molecule has 0 bridgehead atoms. The van der Waals surface area contributed by atoms with Crippen LogP contribution in [0.3, 0.4) is 0 Å². The normalized spacial score (nSPS) is 20.5. The summed E-state index contributed by atoms with van der Waals surface area (Å²) < 4.78 is 5.81. The smallest absolute Gasteiger partial charge is 0.173 e. The van der Waals surface area contributed by atoms with Gasteiger partial charge in [-0.1, -0.05) is 31.2 Å². The molecule has 0 fully saturated rings. The molecule has 1 aliphatic rings. The zero-order valence-corrected chi connectivity index (χ0v) is 14.5. The van der Waals surface area contributed by atoms with Crippen molar-refractivity contribution in [1.29, 1.82) is 0 Å². The Balaban J connectivity index is 1.63. The lowest BCUT2D eigenvalue weighted by Crippen LogP contribution is -2.44. The van der Waals surface area contributed by atoms with Crippen molar-refractivity contribution < 1.29 is 9.84 Å². The lowest BCUT2D eigenvalue weighted by Gasteiger charge is -2.38. The molecule has 2 atom stereocenters. The van der Waals surface area contributed by atoms with Gasteiger partial charge in [-0.15, -0.1) is 11.3 Å². The maximum Gasteiger partial charge on any atom is 0.173 e. The molecule has 0 saturated carbocycles. The predicted octanol–water partition coefficient (Wildman–Crippen LogP) is 3.89. The van der Waals surface area contributed by atoms with Gasteiger partial charge in [0.2, 0.25) is 0 Å². The summed E-state index contributed by atoms with van der Waals surface area (Å²) in [7, 11) is 0. The van der Waals surface area contributed by atoms with E-state index in [4.69, 9.17) is 4.74 Å². The molecule has 0 aliphatic heterocycles. The number of nitrogens with zero attached hydrogens (tertiary/aromatic N) is 1. The standard InChI is InChI=1S/C19H25NO2S/c1-2-11-20(12-13-22-18-8-5-14-23-18)17-10-9-15-6-3-4-7-16(15)19(17)21/h3-8,14,17,19,21H,2,9-13H2,1H3. The first-order valence-corrected chi connectivity index (χ1v) is 9.33. The number of hydrogen-bond acceptors (Lipinski definition) is 4. The van der Waals surface area contributed by atoms with E-state index in [-0.39, 0.29) is 6.04 Å². The van der Waals surface area contributed by atoms with Crippen molar-refractivity contribution >= 4 is 11.3 Å². The quantitative estimate of drug-likeness (QED) is 0.835. The van der Waals surface area contributed by atoms with Gasteiger partial charge in [0.05, 0.1) is 6.10 Å². The van der Waals surface area contributed by atoms with Crippen LogP contribution >= 0.6 is 11.3 Å². The second-order valence-electron chi connectivity index (χ2n) is 6.07. The predicted molar refractivity (Wildman–Crippen MR) is 95.2 cm³/mol. The summed E-state index contributed by atoms with van der Waals surface area (Å²) in [6.07, 6.45) is 2.75. The van der Waals surface area contributed by atoms with Gasteiger partial charge in [-0.05, 0) is 54.4 Å². The van der Waals surface area contributed by atoms with Gasteiger partial charge >= 0.3 is 0 Å². The molecule has 124 valence electrons. The monoisotopic (exact) mass is 331 g/mol. The zero-order chi connectivity index (χ0) is 16.1. The molecule has 1 aromatic heterocycles. The SMILES string of the molecule is CCCN(CCOc1cccs1)C1CCc2ccccc2C1O. The molecule has 2 aromatic rings. The number of hydrogen-bond donors (Lipinski definition) is 1. The highest BCUT2D eigenvalue weighted by atomic mass is 32.1. The van der Waals surface area contributed by atoms with E-state index in [2.05, 4.69) is 30.0 Å². The number of aryl methyl sites for hydroxylation is 1. The molecule has 1 heterocycles. The molecule has 0 radical (unpaired) electrons. The number of fused-ring (bicyclic) bond motifs is 1. The van der Waals surface area contributed by atoms with E-state index in [1.54, 1.807) is 11.3 Å². The fraction of sp³-hybridized carbons (Fsp3) is 0.474. The Kier molecular flexibility index (Phi) is 5.70. The molecule has 4 heteroatoms. The van der Waals surface area contributed by atoms with Crippen LogP contribution in [0.15, 0.2) is 41.8 Å². The number of thiophene rings is 1. The maximum absolute atomic E-state index is 10.8. The molecule has 0 amide bonds. The molecule has 1 aromatic carbocycles. The molecule has 23 heavy (non-hydrogen) atoms. The first-order valence-electron chi connectivity index (χ1n) is 8.46. The first kappa shape index (κ1) is 16.5. The molecule has 0 saturated heterocycles. The van der Waals surface area contributed by atoms with E-state index in [1.165, 1.54) is 5.56 Å². The third-order valence-electron chi connectivity index (χ3n) is 4.55. The average molecular weight is 331 g/mol. The van der Waals surface area contributed by atoms with Gasteiger partial charge in [0.15, 0.2) is 5.06 Å². The van der Waals surface area contributed by atoms with Crippen LogP contribution in [0, 0.1) is 0 Å². The van der Waals surface area contributed by atoms with Gasteiger partial charge in [-0.25, -0.2) is 0 Å². The average Bonchev–Trinajstić information content (AvgIpc) is 3.08. The van der Waals surface area contributed by atoms with E-state index >= 15 is 0 Å². The van der Waals surface area contributed by atoms with Crippen LogP contribution in [-0.2, 0) is 6.42 Å². The van der Waals surface area contributed by atoms with Gasteiger partial charge in [0.25, 0.3) is 0 Å². The Labute approximate surface area is 142 Å². The number of aliphatic hydroxyl groups excluding tert-OH is 1. The van der Waals surface area contributed by atoms with Crippen LogP contribution in [0.1, 0.15) is 37.0 Å². The number of ether oxygens (including phenoxy) is 1. The van der Waals surface area contributed by atoms with E-state index in [9.17, 15) is 5.11 Å². The Morgan fingerprint density at radius 2 is 2.09 bits per heavy atom. The van der Waals surface area contributed by atoms with Crippen LogP contribution < -0.4 is 4.74 Å². The molecule has 3 rings (SSSR count). The van der Waals surface area contributed by atoms with E-state index in [0.717, 1.165) is 43.0 Å². The second kappa shape index (κ2) is 7.95. The van der Waals surface area contributed by atoms with Gasteiger partial charge < -0.3 is 9.84 Å². The van der Waals surface area contributed by atoms with Gasteiger partial charge in [0, 0.05) is 12.6 Å². The Morgan fingerprint density at radius 1 is 1.22 bits per heavy atom. The van der Waals surface area contributed by atoms with Crippen molar-refractivity contribution in [1.82, 2.24) is 4.90 Å². The van der Waals surface area contributed by atoms with Crippen molar-refractivity contribution in [3.05, 3.63) is 52.9 Å². The summed E-state index contributed by atoms with van der Waals surface area (Å²) in [6.45, 7) is 4.72. The van der Waals surface area contributed by atoms with E-state index in [0.29, 0.717) is 6.61 Å². The maximum atomic E-state index is 10.8. The molecule has 3 nitrogen and oxygen atoms in total. The van der Waals surface area contributed by atoms with Crippen LogP contribution in [0.2, 0.25) is 0 Å². The van der Waals surface area contributed by atoms with Gasteiger partial charge in [-0.2, -0.15) is 0 Å². The first-order chi connectivity index (χ1) is 11.3. The van der Waals surface area contributed by atoms with Crippen LogP contribution in [0.4, 0.5) is 0 Å². The summed E-state index contributed by atoms with van der Waals surface area (Å²) >= 11 is 1.62. The number of aliphatic hydroxyl groups is 1. The third kappa shape index (κ3) is 3.94. The Hall–Kier alpha value is -1.36. The summed E-state index contributed by atoms with van der Waals surface area (Å²) in [6, 6.07) is 12.5. The van der Waals surface area contributed by atoms with Crippen LogP contribution in [0.5, 0.6) is 5.06 Å². The molecule has 0 spiro atoms. The van der Waals surface area contributed by atoms with Gasteiger partial charge in [0.1, 0.15) is 6.61 Å². The second-order valence-corrected chi connectivity index (χ2v) is 6.98. The highest BCUT2D eigenvalue weighted by Crippen LogP contribution is 2.33. The van der Waals surface area contributed by atoms with Gasteiger partial charge in [-0.3, -0.25) is 4.90 Å². The summed E-state index contributed by atoms with van der Waals surface area (Å²) in [5, 5.41) is 13.8. The summed E-state index contributed by atoms with van der Waals surface area (Å²) in [5.41, 5.74) is 2.39. The van der Waals surface area contributed by atoms with Crippen molar-refractivity contribution in [2.24, 2.45) is 0 Å². The minimum absolute atomic E-state index is 0.191. The highest BCUT2D eigenvalue weighted by Gasteiger charge is 2.31. The lowest BCUT2D eigenvalue weighted by molar-refractivity contribution is 0.0294. The molecular formula is C19H25NO2S. The fourth-order valence-electron chi connectivity index (χ4n) is 3.44. The lowest BCUT2D eigenvalue weighted by atomic mass is 9.85. The summed E-state index contributed by atoms with van der Waals surface area (Å²) in [4.78, 5) is 2.40. The Bertz CT molecular complexity index is 599. The zero-order valence-electron chi connectivity index (χ0n) is 13.6. The van der Waals surface area contributed by atoms with Crippen molar-refractivity contribution in [2.75, 3.05) is 19.7 Å². The van der Waals surface area contributed by atoms with E-state index < -0.39 is 6.10 Å².